The molecule has 0 aliphatic carbocycles. The van der Waals surface area contributed by atoms with Gasteiger partial charge in [0.2, 0.25) is 5.91 Å². The van der Waals surface area contributed by atoms with Crippen LogP contribution in [-0.4, -0.2) is 68.0 Å². The number of carbonyl (C=O) groups is 2. The van der Waals surface area contributed by atoms with Crippen LogP contribution in [0, 0.1) is 12.7 Å². The first-order chi connectivity index (χ1) is 15.8. The second-order valence-electron chi connectivity index (χ2n) is 7.79. The van der Waals surface area contributed by atoms with E-state index < -0.39 is 6.04 Å². The van der Waals surface area contributed by atoms with E-state index in [-0.39, 0.29) is 17.6 Å². The average molecular weight is 491 g/mol. The molecule has 8 nitrogen and oxygen atoms in total. The summed E-state index contributed by atoms with van der Waals surface area (Å²) in [6, 6.07) is 10.0. The number of halogens is 3. The van der Waals surface area contributed by atoms with E-state index in [1.54, 1.807) is 47.1 Å². The Kier molecular flexibility index (Phi) is 6.90. The summed E-state index contributed by atoms with van der Waals surface area (Å²) in [5.74, 6) is -0.192. The van der Waals surface area contributed by atoms with Gasteiger partial charge >= 0.3 is 0 Å². The number of hydrogen-bond donors (Lipinski definition) is 0. The molecule has 1 aliphatic rings. The Balaban J connectivity index is 1.47. The van der Waals surface area contributed by atoms with Crippen LogP contribution < -0.4 is 0 Å². The Labute approximate surface area is 199 Å². The SMILES string of the molecule is Cc1nnnn1C(Cc1ccc(F)cc1)C(=O)N1CCN(C(=O)c2cc(Cl)cc(Cl)c2)CC1. The molecule has 0 saturated carbocycles. The van der Waals surface area contributed by atoms with E-state index in [1.165, 1.54) is 16.8 Å². The molecule has 4 rings (SSSR count). The first kappa shape index (κ1) is 23.1. The number of piperazine rings is 1. The highest BCUT2D eigenvalue weighted by Crippen LogP contribution is 2.22. The second kappa shape index (κ2) is 9.84. The van der Waals surface area contributed by atoms with Gasteiger partial charge in [-0.25, -0.2) is 9.07 Å². The van der Waals surface area contributed by atoms with Crippen LogP contribution in [0.5, 0.6) is 0 Å². The molecule has 33 heavy (non-hydrogen) atoms. The second-order valence-corrected chi connectivity index (χ2v) is 8.67. The van der Waals surface area contributed by atoms with Crippen LogP contribution in [0.15, 0.2) is 42.5 Å². The van der Waals surface area contributed by atoms with E-state index in [2.05, 4.69) is 15.5 Å². The number of nitrogens with zero attached hydrogens (tertiary/aromatic N) is 6. The minimum atomic E-state index is -0.681. The molecule has 2 amide bonds. The van der Waals surface area contributed by atoms with Crippen molar-refractivity contribution in [3.63, 3.8) is 0 Å². The number of benzene rings is 2. The topological polar surface area (TPSA) is 84.2 Å². The Bertz CT molecular complexity index is 1140. The summed E-state index contributed by atoms with van der Waals surface area (Å²) in [4.78, 5) is 29.7. The summed E-state index contributed by atoms with van der Waals surface area (Å²) in [5.41, 5.74) is 1.20. The zero-order chi connectivity index (χ0) is 23.5. The standard InChI is InChI=1S/C22H21Cl2FN6O2/c1-14-26-27-28-31(14)20(10-15-2-4-19(25)5-3-15)22(33)30-8-6-29(7-9-30)21(32)16-11-17(23)13-18(24)12-16/h2-5,11-13,20H,6-10H2,1H3. The maximum absolute atomic E-state index is 13.5. The fraction of sp³-hybridized carbons (Fsp3) is 0.318. The summed E-state index contributed by atoms with van der Waals surface area (Å²) in [6.07, 6.45) is 0.311. The first-order valence-electron chi connectivity index (χ1n) is 10.3. The van der Waals surface area contributed by atoms with Crippen LogP contribution in [0.2, 0.25) is 10.0 Å². The summed E-state index contributed by atoms with van der Waals surface area (Å²) in [6.45, 7) is 3.18. The van der Waals surface area contributed by atoms with Crippen molar-refractivity contribution >= 4 is 35.0 Å². The lowest BCUT2D eigenvalue weighted by atomic mass is 10.0. The highest BCUT2D eigenvalue weighted by molar-refractivity contribution is 6.35. The molecule has 1 aliphatic heterocycles. The van der Waals surface area contributed by atoms with Crippen LogP contribution in [-0.2, 0) is 11.2 Å². The minimum absolute atomic E-state index is 0.160. The van der Waals surface area contributed by atoms with Crippen molar-refractivity contribution in [1.82, 2.24) is 30.0 Å². The average Bonchev–Trinajstić information content (AvgIpc) is 3.22. The highest BCUT2D eigenvalue weighted by atomic mass is 35.5. The molecule has 172 valence electrons. The van der Waals surface area contributed by atoms with Gasteiger partial charge in [0.1, 0.15) is 17.7 Å². The maximum atomic E-state index is 13.5. The van der Waals surface area contributed by atoms with Crippen molar-refractivity contribution in [3.05, 3.63) is 75.3 Å². The fourth-order valence-electron chi connectivity index (χ4n) is 3.85. The van der Waals surface area contributed by atoms with Crippen LogP contribution in [0.4, 0.5) is 4.39 Å². The van der Waals surface area contributed by atoms with Gasteiger partial charge in [0, 0.05) is 48.2 Å². The van der Waals surface area contributed by atoms with Gasteiger partial charge in [0.05, 0.1) is 0 Å². The van der Waals surface area contributed by atoms with Gasteiger partial charge in [-0.05, 0) is 53.2 Å². The van der Waals surface area contributed by atoms with E-state index in [0.717, 1.165) is 5.56 Å². The molecule has 2 aromatic carbocycles. The quantitative estimate of drug-likeness (QED) is 0.548. The van der Waals surface area contributed by atoms with Crippen molar-refractivity contribution < 1.29 is 14.0 Å². The maximum Gasteiger partial charge on any atom is 0.254 e. The lowest BCUT2D eigenvalue weighted by Crippen LogP contribution is -2.52. The van der Waals surface area contributed by atoms with Crippen LogP contribution in [0.25, 0.3) is 0 Å². The largest absolute Gasteiger partial charge is 0.337 e. The zero-order valence-corrected chi connectivity index (χ0v) is 19.3. The zero-order valence-electron chi connectivity index (χ0n) is 17.8. The van der Waals surface area contributed by atoms with Crippen molar-refractivity contribution in [2.45, 2.75) is 19.4 Å². The summed E-state index contributed by atoms with van der Waals surface area (Å²) < 4.78 is 14.8. The molecule has 0 radical (unpaired) electrons. The molecule has 11 heteroatoms. The number of hydrogen-bond acceptors (Lipinski definition) is 5. The van der Waals surface area contributed by atoms with Gasteiger partial charge in [-0.2, -0.15) is 0 Å². The molecule has 1 fully saturated rings. The smallest absolute Gasteiger partial charge is 0.254 e. The van der Waals surface area contributed by atoms with Gasteiger partial charge in [-0.1, -0.05) is 35.3 Å². The van der Waals surface area contributed by atoms with E-state index >= 15 is 0 Å². The fourth-order valence-corrected chi connectivity index (χ4v) is 4.37. The lowest BCUT2D eigenvalue weighted by Gasteiger charge is -2.36. The third kappa shape index (κ3) is 5.31. The van der Waals surface area contributed by atoms with Crippen molar-refractivity contribution in [2.24, 2.45) is 0 Å². The number of aromatic nitrogens is 4. The molecule has 1 aromatic heterocycles. The van der Waals surface area contributed by atoms with Crippen LogP contribution >= 0.6 is 23.2 Å². The number of rotatable bonds is 5. The van der Waals surface area contributed by atoms with Gasteiger partial charge < -0.3 is 9.80 Å². The van der Waals surface area contributed by atoms with E-state index in [0.29, 0.717) is 54.0 Å². The molecular weight excluding hydrogens is 470 g/mol. The number of carbonyl (C=O) groups excluding carboxylic acids is 2. The predicted octanol–water partition coefficient (Wildman–Crippen LogP) is 3.20. The summed E-state index contributed by atoms with van der Waals surface area (Å²) in [5, 5.41) is 12.3. The predicted molar refractivity (Wildman–Crippen MR) is 121 cm³/mol. The minimum Gasteiger partial charge on any atom is -0.337 e. The normalized spacial score (nSPS) is 14.9. The third-order valence-corrected chi connectivity index (χ3v) is 6.00. The Hall–Kier alpha value is -3.04. The monoisotopic (exact) mass is 490 g/mol. The Morgan fingerprint density at radius 3 is 2.18 bits per heavy atom. The van der Waals surface area contributed by atoms with Crippen molar-refractivity contribution in [3.8, 4) is 0 Å². The summed E-state index contributed by atoms with van der Waals surface area (Å²) >= 11 is 12.0. The Morgan fingerprint density at radius 1 is 1.00 bits per heavy atom. The molecule has 3 aromatic rings. The Morgan fingerprint density at radius 2 is 1.61 bits per heavy atom. The van der Waals surface area contributed by atoms with Crippen LogP contribution in [0.3, 0.4) is 0 Å². The van der Waals surface area contributed by atoms with E-state index in [9.17, 15) is 14.0 Å². The highest BCUT2D eigenvalue weighted by Gasteiger charge is 2.32. The van der Waals surface area contributed by atoms with Gasteiger partial charge in [0.25, 0.3) is 5.91 Å². The van der Waals surface area contributed by atoms with E-state index in [4.69, 9.17) is 23.2 Å². The summed E-state index contributed by atoms with van der Waals surface area (Å²) in [7, 11) is 0. The van der Waals surface area contributed by atoms with Gasteiger partial charge in [0.15, 0.2) is 0 Å². The van der Waals surface area contributed by atoms with E-state index in [1.807, 2.05) is 0 Å². The molecule has 0 N–H and O–H groups in total. The molecule has 1 saturated heterocycles. The van der Waals surface area contributed by atoms with Crippen molar-refractivity contribution in [1.29, 1.82) is 0 Å². The molecule has 0 spiro atoms. The van der Waals surface area contributed by atoms with Gasteiger partial charge in [-0.15, -0.1) is 5.10 Å². The lowest BCUT2D eigenvalue weighted by molar-refractivity contribution is -0.136. The van der Waals surface area contributed by atoms with Crippen LogP contribution in [0.1, 0.15) is 27.8 Å². The number of amides is 2. The molecular formula is C22H21Cl2FN6O2. The first-order valence-corrected chi connectivity index (χ1v) is 11.1. The number of aryl methyl sites for hydroxylation is 1. The van der Waals surface area contributed by atoms with Gasteiger partial charge in [-0.3, -0.25) is 9.59 Å². The molecule has 2 heterocycles. The molecule has 1 atom stereocenters. The molecule has 1 unspecified atom stereocenters. The third-order valence-electron chi connectivity index (χ3n) is 5.57. The van der Waals surface area contributed by atoms with Crippen molar-refractivity contribution in [2.75, 3.05) is 26.2 Å². The molecule has 0 bridgehead atoms. The number of tetrazole rings is 1.